The van der Waals surface area contributed by atoms with Crippen LogP contribution in [-0.2, 0) is 6.61 Å². The Bertz CT molecular complexity index is 735. The van der Waals surface area contributed by atoms with Gasteiger partial charge in [0.15, 0.2) is 5.82 Å². The lowest BCUT2D eigenvalue weighted by molar-refractivity contribution is 0.296. The van der Waals surface area contributed by atoms with E-state index < -0.39 is 0 Å². The van der Waals surface area contributed by atoms with Gasteiger partial charge in [-0.1, -0.05) is 30.3 Å². The summed E-state index contributed by atoms with van der Waals surface area (Å²) in [5.41, 5.74) is 6.54. The molecule has 2 N–H and O–H groups in total. The molecular formula is C16H15N3O. The van der Waals surface area contributed by atoms with Crippen LogP contribution in [0, 0.1) is 6.92 Å². The van der Waals surface area contributed by atoms with Crippen LogP contribution in [0.3, 0.4) is 0 Å². The third-order valence-electron chi connectivity index (χ3n) is 3.01. The Hall–Kier alpha value is -2.62. The number of rotatable bonds is 3. The molecule has 0 saturated heterocycles. The lowest BCUT2D eigenvalue weighted by Gasteiger charge is -2.07. The highest BCUT2D eigenvalue weighted by Gasteiger charge is 2.02. The van der Waals surface area contributed by atoms with Crippen LogP contribution in [0.2, 0.25) is 0 Å². The molecule has 1 heterocycles. The lowest BCUT2D eigenvalue weighted by atomic mass is 10.1. The maximum atomic E-state index is 5.73. The van der Waals surface area contributed by atoms with E-state index in [0.717, 1.165) is 16.8 Å². The summed E-state index contributed by atoms with van der Waals surface area (Å²) in [4.78, 5) is 8.45. The number of anilines is 1. The second kappa shape index (κ2) is 5.17. The second-order valence-electron chi connectivity index (χ2n) is 4.65. The van der Waals surface area contributed by atoms with Crippen molar-refractivity contribution in [1.82, 2.24) is 9.97 Å². The van der Waals surface area contributed by atoms with E-state index in [0.29, 0.717) is 18.2 Å². The quantitative estimate of drug-likeness (QED) is 0.790. The zero-order valence-electron chi connectivity index (χ0n) is 11.2. The first kappa shape index (κ1) is 12.4. The van der Waals surface area contributed by atoms with Gasteiger partial charge in [0.25, 0.3) is 0 Å². The molecule has 0 aliphatic rings. The third kappa shape index (κ3) is 2.69. The molecule has 0 unspecified atom stereocenters. The van der Waals surface area contributed by atoms with Gasteiger partial charge >= 0.3 is 0 Å². The van der Waals surface area contributed by atoms with Crippen LogP contribution in [-0.4, -0.2) is 9.97 Å². The van der Waals surface area contributed by atoms with Crippen molar-refractivity contribution in [2.45, 2.75) is 13.5 Å². The van der Waals surface area contributed by atoms with Crippen molar-refractivity contribution in [2.24, 2.45) is 0 Å². The Morgan fingerprint density at radius 3 is 2.60 bits per heavy atom. The SMILES string of the molecule is Cc1cc(N)nc(COc2ccc3ccccc3c2)n1. The first-order chi connectivity index (χ1) is 9.70. The molecule has 3 rings (SSSR count). The molecule has 0 saturated carbocycles. The number of benzene rings is 2. The zero-order chi connectivity index (χ0) is 13.9. The maximum Gasteiger partial charge on any atom is 0.168 e. The molecule has 0 spiro atoms. The number of aryl methyl sites for hydroxylation is 1. The molecule has 4 nitrogen and oxygen atoms in total. The highest BCUT2D eigenvalue weighted by molar-refractivity contribution is 5.83. The molecule has 0 bridgehead atoms. The summed E-state index contributed by atoms with van der Waals surface area (Å²) < 4.78 is 5.73. The van der Waals surface area contributed by atoms with Crippen LogP contribution in [0.15, 0.2) is 48.5 Å². The molecule has 0 aliphatic carbocycles. The minimum atomic E-state index is 0.310. The number of aromatic nitrogens is 2. The number of fused-ring (bicyclic) bond motifs is 1. The molecule has 3 aromatic rings. The van der Waals surface area contributed by atoms with Gasteiger partial charge in [-0.3, -0.25) is 0 Å². The van der Waals surface area contributed by atoms with Gasteiger partial charge in [-0.15, -0.1) is 0 Å². The van der Waals surface area contributed by atoms with E-state index in [1.807, 2.05) is 37.3 Å². The summed E-state index contributed by atoms with van der Waals surface area (Å²) in [6.45, 7) is 2.20. The van der Waals surface area contributed by atoms with Gasteiger partial charge in [0, 0.05) is 11.8 Å². The fourth-order valence-electron chi connectivity index (χ4n) is 2.13. The lowest BCUT2D eigenvalue weighted by Crippen LogP contribution is -2.05. The summed E-state index contributed by atoms with van der Waals surface area (Å²) in [6.07, 6.45) is 0. The summed E-state index contributed by atoms with van der Waals surface area (Å²) in [7, 11) is 0. The monoisotopic (exact) mass is 265 g/mol. The Balaban J connectivity index is 1.79. The van der Waals surface area contributed by atoms with E-state index in [2.05, 4.69) is 22.1 Å². The molecule has 0 radical (unpaired) electrons. The van der Waals surface area contributed by atoms with Crippen molar-refractivity contribution in [3.8, 4) is 5.75 Å². The summed E-state index contributed by atoms with van der Waals surface area (Å²) in [5, 5.41) is 2.34. The van der Waals surface area contributed by atoms with Crippen LogP contribution < -0.4 is 10.5 Å². The Labute approximate surface area is 117 Å². The predicted octanol–water partition coefficient (Wildman–Crippen LogP) is 3.10. The molecule has 100 valence electrons. The number of nitrogens with zero attached hydrogens (tertiary/aromatic N) is 2. The van der Waals surface area contributed by atoms with Gasteiger partial charge in [-0.25, -0.2) is 9.97 Å². The van der Waals surface area contributed by atoms with Gasteiger partial charge in [0.05, 0.1) is 0 Å². The molecule has 0 fully saturated rings. The van der Waals surface area contributed by atoms with Gasteiger partial charge in [-0.05, 0) is 29.8 Å². The largest absolute Gasteiger partial charge is 0.486 e. The number of nitrogens with two attached hydrogens (primary N) is 1. The minimum Gasteiger partial charge on any atom is -0.486 e. The summed E-state index contributed by atoms with van der Waals surface area (Å²) in [6, 6.07) is 15.9. The zero-order valence-corrected chi connectivity index (χ0v) is 11.2. The number of hydrogen-bond acceptors (Lipinski definition) is 4. The van der Waals surface area contributed by atoms with E-state index in [1.165, 1.54) is 5.39 Å². The fraction of sp³-hybridized carbons (Fsp3) is 0.125. The Morgan fingerprint density at radius 1 is 1.00 bits per heavy atom. The van der Waals surface area contributed by atoms with Crippen LogP contribution in [0.5, 0.6) is 5.75 Å². The van der Waals surface area contributed by atoms with E-state index in [1.54, 1.807) is 6.07 Å². The van der Waals surface area contributed by atoms with Crippen molar-refractivity contribution in [2.75, 3.05) is 5.73 Å². The summed E-state index contributed by atoms with van der Waals surface area (Å²) in [5.74, 6) is 1.86. The number of hydrogen-bond donors (Lipinski definition) is 1. The van der Waals surface area contributed by atoms with Crippen LogP contribution in [0.25, 0.3) is 10.8 Å². The van der Waals surface area contributed by atoms with Crippen molar-refractivity contribution in [3.63, 3.8) is 0 Å². The van der Waals surface area contributed by atoms with Gasteiger partial charge in [0.1, 0.15) is 18.2 Å². The molecule has 1 aromatic heterocycles. The molecule has 2 aromatic carbocycles. The maximum absolute atomic E-state index is 5.73. The highest BCUT2D eigenvalue weighted by atomic mass is 16.5. The van der Waals surface area contributed by atoms with Crippen molar-refractivity contribution in [1.29, 1.82) is 0 Å². The number of ether oxygens (including phenoxy) is 1. The minimum absolute atomic E-state index is 0.310. The van der Waals surface area contributed by atoms with E-state index in [9.17, 15) is 0 Å². The van der Waals surface area contributed by atoms with Crippen molar-refractivity contribution < 1.29 is 4.74 Å². The summed E-state index contributed by atoms with van der Waals surface area (Å²) >= 11 is 0. The fourth-order valence-corrected chi connectivity index (χ4v) is 2.13. The first-order valence-electron chi connectivity index (χ1n) is 6.42. The molecule has 0 atom stereocenters. The topological polar surface area (TPSA) is 61.0 Å². The smallest absolute Gasteiger partial charge is 0.168 e. The van der Waals surface area contributed by atoms with Gasteiger partial charge < -0.3 is 10.5 Å². The molecule has 0 aliphatic heterocycles. The Kier molecular flexibility index (Phi) is 3.21. The standard InChI is InChI=1S/C16H15N3O/c1-11-8-15(17)19-16(18-11)10-20-14-7-6-12-4-2-3-5-13(12)9-14/h2-9H,10H2,1H3,(H2,17,18,19). The molecule has 0 amide bonds. The second-order valence-corrected chi connectivity index (χ2v) is 4.65. The van der Waals surface area contributed by atoms with Crippen LogP contribution >= 0.6 is 0 Å². The molecule has 4 heteroatoms. The third-order valence-corrected chi connectivity index (χ3v) is 3.01. The van der Waals surface area contributed by atoms with E-state index >= 15 is 0 Å². The van der Waals surface area contributed by atoms with Crippen LogP contribution in [0.4, 0.5) is 5.82 Å². The van der Waals surface area contributed by atoms with Crippen molar-refractivity contribution in [3.05, 3.63) is 60.0 Å². The normalized spacial score (nSPS) is 10.7. The predicted molar refractivity (Wildman–Crippen MR) is 79.5 cm³/mol. The van der Waals surface area contributed by atoms with Crippen molar-refractivity contribution >= 4 is 16.6 Å². The van der Waals surface area contributed by atoms with Crippen LogP contribution in [0.1, 0.15) is 11.5 Å². The molecular weight excluding hydrogens is 250 g/mol. The van der Waals surface area contributed by atoms with E-state index in [4.69, 9.17) is 10.5 Å². The number of nitrogen functional groups attached to an aromatic ring is 1. The Morgan fingerprint density at radius 2 is 1.80 bits per heavy atom. The molecule has 20 heavy (non-hydrogen) atoms. The average molecular weight is 265 g/mol. The van der Waals surface area contributed by atoms with Gasteiger partial charge in [-0.2, -0.15) is 0 Å². The first-order valence-corrected chi connectivity index (χ1v) is 6.42. The average Bonchev–Trinajstić information content (AvgIpc) is 2.44. The highest BCUT2D eigenvalue weighted by Crippen LogP contribution is 2.21. The van der Waals surface area contributed by atoms with Gasteiger partial charge in [0.2, 0.25) is 0 Å². The van der Waals surface area contributed by atoms with E-state index in [-0.39, 0.29) is 0 Å².